The van der Waals surface area contributed by atoms with Crippen LogP contribution in [0, 0.1) is 5.41 Å². The monoisotopic (exact) mass is 453 g/mol. The Morgan fingerprint density at radius 1 is 1.43 bits per heavy atom. The molecular formula is C20H25ClFN5O2S. The minimum Gasteiger partial charge on any atom is -0.319 e. The van der Waals surface area contributed by atoms with Crippen molar-refractivity contribution in [2.45, 2.75) is 52.0 Å². The summed E-state index contributed by atoms with van der Waals surface area (Å²) in [5.74, 6) is -1.11. The number of hydrogen-bond donors (Lipinski definition) is 2. The van der Waals surface area contributed by atoms with Gasteiger partial charge in [-0.25, -0.2) is 4.39 Å². The van der Waals surface area contributed by atoms with Crippen molar-refractivity contribution < 1.29 is 14.0 Å². The van der Waals surface area contributed by atoms with Gasteiger partial charge in [-0.15, -0.1) is 0 Å². The molecule has 2 amide bonds. The Labute approximate surface area is 184 Å². The highest BCUT2D eigenvalue weighted by atomic mass is 35.5. The zero-order valence-electron chi connectivity index (χ0n) is 17.1. The van der Waals surface area contributed by atoms with Gasteiger partial charge in [0.15, 0.2) is 0 Å². The van der Waals surface area contributed by atoms with Crippen molar-refractivity contribution in [3.8, 4) is 11.3 Å². The highest BCUT2D eigenvalue weighted by molar-refractivity contribution is 6.99. The molecule has 0 radical (unpaired) electrons. The van der Waals surface area contributed by atoms with Gasteiger partial charge in [-0.05, 0) is 23.1 Å². The topological polar surface area (TPSA) is 101 Å². The summed E-state index contributed by atoms with van der Waals surface area (Å²) in [6, 6.07) is 3.72. The Morgan fingerprint density at radius 2 is 2.17 bits per heavy atom. The first-order chi connectivity index (χ1) is 14.1. The zero-order chi connectivity index (χ0) is 22.1. The van der Waals surface area contributed by atoms with Gasteiger partial charge in [0.25, 0.3) is 0 Å². The number of nitrogens with two attached hydrogens (primary N) is 1. The van der Waals surface area contributed by atoms with Crippen LogP contribution in [0.4, 0.5) is 4.39 Å². The Morgan fingerprint density at radius 3 is 2.80 bits per heavy atom. The van der Waals surface area contributed by atoms with E-state index >= 15 is 0 Å². The van der Waals surface area contributed by atoms with Crippen LogP contribution in [0.5, 0.6) is 0 Å². The molecule has 1 saturated heterocycles. The summed E-state index contributed by atoms with van der Waals surface area (Å²) in [4.78, 5) is 26.8. The average Bonchev–Trinajstić information content (AvgIpc) is 3.30. The van der Waals surface area contributed by atoms with Crippen LogP contribution >= 0.6 is 23.3 Å². The lowest BCUT2D eigenvalue weighted by molar-refractivity contribution is -0.134. The van der Waals surface area contributed by atoms with E-state index in [0.717, 1.165) is 22.9 Å². The van der Waals surface area contributed by atoms with E-state index in [1.165, 1.54) is 0 Å². The smallest absolute Gasteiger partial charge is 0.244 e. The lowest BCUT2D eigenvalue weighted by Crippen LogP contribution is -2.53. The highest BCUT2D eigenvalue weighted by Gasteiger charge is 2.39. The minimum absolute atomic E-state index is 0.0119. The summed E-state index contributed by atoms with van der Waals surface area (Å²) < 4.78 is 22.5. The molecule has 1 aromatic carbocycles. The molecule has 3 rings (SSSR count). The summed E-state index contributed by atoms with van der Waals surface area (Å²) in [6.07, 6.45) is 0.490. The van der Waals surface area contributed by atoms with Crippen LogP contribution in [-0.4, -0.2) is 50.3 Å². The number of nitrogens with zero attached hydrogens (tertiary/aromatic N) is 3. The van der Waals surface area contributed by atoms with Gasteiger partial charge in [0.1, 0.15) is 11.9 Å². The van der Waals surface area contributed by atoms with Crippen LogP contribution in [0.3, 0.4) is 0 Å². The lowest BCUT2D eigenvalue weighted by atomic mass is 9.87. The number of carbonyl (C=O) groups is 2. The van der Waals surface area contributed by atoms with E-state index in [1.54, 1.807) is 23.2 Å². The first-order valence-corrected chi connectivity index (χ1v) is 10.7. The molecule has 1 aromatic heterocycles. The van der Waals surface area contributed by atoms with Crippen LogP contribution in [0.2, 0.25) is 5.02 Å². The average molecular weight is 454 g/mol. The number of rotatable bonds is 5. The molecule has 0 aliphatic carbocycles. The fourth-order valence-electron chi connectivity index (χ4n) is 3.42. The highest BCUT2D eigenvalue weighted by Crippen LogP contribution is 2.30. The molecule has 2 aromatic rings. The number of halogens is 2. The normalized spacial score (nSPS) is 20.9. The van der Waals surface area contributed by atoms with Gasteiger partial charge in [0, 0.05) is 30.1 Å². The van der Waals surface area contributed by atoms with Crippen LogP contribution in [0.25, 0.3) is 11.3 Å². The van der Waals surface area contributed by atoms with E-state index in [1.807, 2.05) is 26.8 Å². The maximum atomic E-state index is 14.2. The van der Waals surface area contributed by atoms with Crippen molar-refractivity contribution in [2.75, 3.05) is 6.54 Å². The minimum atomic E-state index is -1.17. The fraction of sp³-hybridized carbons (Fsp3) is 0.500. The molecule has 3 N–H and O–H groups in total. The van der Waals surface area contributed by atoms with Gasteiger partial charge >= 0.3 is 0 Å². The zero-order valence-corrected chi connectivity index (χ0v) is 18.6. The Hall–Kier alpha value is -1.94. The second-order valence-electron chi connectivity index (χ2n) is 8.57. The van der Waals surface area contributed by atoms with Crippen LogP contribution in [-0.2, 0) is 16.1 Å². The van der Waals surface area contributed by atoms with Gasteiger partial charge in [-0.2, -0.15) is 8.75 Å². The number of nitrogens with one attached hydrogen (secondary N) is 1. The third kappa shape index (κ3) is 5.21. The lowest BCUT2D eigenvalue weighted by Gasteiger charge is -2.27. The number of aromatic nitrogens is 2. The SMILES string of the molecule is CC(C)(C)[C@@H](N)C(=O)NC(=O)C1C[C@@H](F)CN1Cc1cc(Cl)ccc1-c1cnsn1. The Bertz CT molecular complexity index is 918. The fourth-order valence-corrected chi connectivity index (χ4v) is 4.04. The summed E-state index contributed by atoms with van der Waals surface area (Å²) in [6.45, 7) is 5.81. The first kappa shape index (κ1) is 22.7. The number of alkyl halides is 1. The molecule has 1 aliphatic heterocycles. The number of likely N-dealkylation sites (tertiary alicyclic amines) is 1. The maximum absolute atomic E-state index is 14.2. The quantitative estimate of drug-likeness (QED) is 0.721. The second kappa shape index (κ2) is 9.05. The van der Waals surface area contributed by atoms with E-state index < -0.39 is 35.5 Å². The molecule has 10 heteroatoms. The van der Waals surface area contributed by atoms with Gasteiger partial charge in [-0.1, -0.05) is 38.4 Å². The van der Waals surface area contributed by atoms with Crippen LogP contribution in [0.1, 0.15) is 32.8 Å². The predicted octanol–water partition coefficient (Wildman–Crippen LogP) is 2.79. The molecule has 1 aliphatic rings. The molecule has 2 heterocycles. The van der Waals surface area contributed by atoms with Crippen molar-refractivity contribution in [2.24, 2.45) is 11.1 Å². The van der Waals surface area contributed by atoms with Crippen molar-refractivity contribution in [3.63, 3.8) is 0 Å². The van der Waals surface area contributed by atoms with Crippen molar-refractivity contribution in [3.05, 3.63) is 35.0 Å². The molecule has 0 bridgehead atoms. The van der Waals surface area contributed by atoms with Crippen molar-refractivity contribution >= 4 is 35.1 Å². The van der Waals surface area contributed by atoms with Gasteiger partial charge in [0.05, 0.1) is 30.0 Å². The molecule has 7 nitrogen and oxygen atoms in total. The maximum Gasteiger partial charge on any atom is 0.244 e. The van der Waals surface area contributed by atoms with Gasteiger partial charge < -0.3 is 5.73 Å². The van der Waals surface area contributed by atoms with Gasteiger partial charge in [0.2, 0.25) is 11.8 Å². The molecular weight excluding hydrogens is 429 g/mol. The van der Waals surface area contributed by atoms with E-state index in [2.05, 4.69) is 14.1 Å². The number of imide groups is 1. The van der Waals surface area contributed by atoms with Crippen LogP contribution in [0.15, 0.2) is 24.4 Å². The molecule has 162 valence electrons. The van der Waals surface area contributed by atoms with E-state index in [0.29, 0.717) is 10.7 Å². The van der Waals surface area contributed by atoms with E-state index in [4.69, 9.17) is 17.3 Å². The van der Waals surface area contributed by atoms with E-state index in [9.17, 15) is 14.0 Å². The second-order valence-corrected chi connectivity index (χ2v) is 9.56. The summed E-state index contributed by atoms with van der Waals surface area (Å²) in [5, 5.41) is 2.89. The number of hydrogen-bond acceptors (Lipinski definition) is 7. The molecule has 1 unspecified atom stereocenters. The molecule has 30 heavy (non-hydrogen) atoms. The third-order valence-electron chi connectivity index (χ3n) is 5.19. The molecule has 0 saturated carbocycles. The van der Waals surface area contributed by atoms with Crippen molar-refractivity contribution in [1.82, 2.24) is 19.0 Å². The molecule has 1 fully saturated rings. The number of amides is 2. The van der Waals surface area contributed by atoms with Gasteiger partial charge in [-0.3, -0.25) is 19.8 Å². The largest absolute Gasteiger partial charge is 0.319 e. The Kier molecular flexibility index (Phi) is 6.86. The molecule has 3 atom stereocenters. The summed E-state index contributed by atoms with van der Waals surface area (Å²) in [7, 11) is 0. The summed E-state index contributed by atoms with van der Waals surface area (Å²) in [5.41, 5.74) is 7.75. The van der Waals surface area contributed by atoms with E-state index in [-0.39, 0.29) is 19.5 Å². The van der Waals surface area contributed by atoms with Crippen LogP contribution < -0.4 is 11.1 Å². The Balaban J connectivity index is 1.78. The summed E-state index contributed by atoms with van der Waals surface area (Å²) >= 11 is 7.26. The first-order valence-electron chi connectivity index (χ1n) is 9.61. The third-order valence-corrected chi connectivity index (χ3v) is 5.91. The standard InChI is InChI=1S/C20H25ClFN5O2S/c1-20(2,3)17(23)19(29)25-18(28)16-7-13(22)10-27(16)9-11-6-12(21)4-5-14(11)15-8-24-30-26-15/h4-6,8,13,16-17H,7,9-10,23H2,1-3H3,(H,25,28,29)/t13-,16?,17+/m1/s1. The molecule has 0 spiro atoms. The van der Waals surface area contributed by atoms with Crippen molar-refractivity contribution in [1.29, 1.82) is 0 Å². The number of benzene rings is 1. The predicted molar refractivity (Wildman–Crippen MR) is 115 cm³/mol. The number of carbonyl (C=O) groups excluding carboxylic acids is 2.